The number of quaternary nitrogens is 1. The van der Waals surface area contributed by atoms with Gasteiger partial charge in [-0.1, -0.05) is 26.8 Å². The van der Waals surface area contributed by atoms with Crippen LogP contribution in [0.5, 0.6) is 0 Å². The van der Waals surface area contributed by atoms with Gasteiger partial charge < -0.3 is 30.9 Å². The first kappa shape index (κ1) is 33.4. The highest BCUT2D eigenvalue weighted by Crippen LogP contribution is 2.68. The number of hydrogen-bond donors (Lipinski definition) is 0. The number of esters is 2. The molecule has 0 N–H and O–H groups in total. The third kappa shape index (κ3) is 5.90. The van der Waals surface area contributed by atoms with Crippen molar-refractivity contribution < 1.29 is 40.5 Å². The highest BCUT2D eigenvalue weighted by molar-refractivity contribution is 5.66. The first-order valence-corrected chi connectivity index (χ1v) is 17.7. The Balaban J connectivity index is 0.00000368. The monoisotopic (exact) mass is 662 g/mol. The normalized spacial score (nSPS) is 44.1. The molecule has 7 heteroatoms. The number of piperidine rings is 2. The summed E-state index contributed by atoms with van der Waals surface area (Å²) in [4.78, 5) is 27.5. The molecule has 0 aromatic carbocycles. The van der Waals surface area contributed by atoms with Gasteiger partial charge in [0.1, 0.15) is 12.1 Å². The Kier molecular flexibility index (Phi) is 10.2. The largest absolute Gasteiger partial charge is 1.00 e. The third-order valence-corrected chi connectivity index (χ3v) is 14.0. The maximum Gasteiger partial charge on any atom is 0.303 e. The summed E-state index contributed by atoms with van der Waals surface area (Å²) in [6.07, 6.45) is 18.2. The molecule has 0 spiro atoms. The fourth-order valence-electron chi connectivity index (χ4n) is 12.1. The van der Waals surface area contributed by atoms with Crippen LogP contribution in [-0.2, 0) is 19.1 Å². The lowest BCUT2D eigenvalue weighted by Crippen LogP contribution is -3.00. The van der Waals surface area contributed by atoms with Crippen LogP contribution in [0.25, 0.3) is 0 Å². The van der Waals surface area contributed by atoms with Gasteiger partial charge in [0.05, 0.1) is 19.6 Å². The van der Waals surface area contributed by atoms with Gasteiger partial charge in [-0.25, -0.2) is 0 Å². The van der Waals surface area contributed by atoms with Crippen molar-refractivity contribution in [3.8, 4) is 0 Å². The zero-order chi connectivity index (χ0) is 29.7. The fourth-order valence-corrected chi connectivity index (χ4v) is 12.1. The van der Waals surface area contributed by atoms with Crippen molar-refractivity contribution in [1.29, 1.82) is 0 Å². The second-order valence-corrected chi connectivity index (χ2v) is 16.0. The number of ether oxygens (including phenoxy) is 2. The van der Waals surface area contributed by atoms with E-state index in [9.17, 15) is 9.59 Å². The van der Waals surface area contributed by atoms with E-state index in [2.05, 4.69) is 31.4 Å². The van der Waals surface area contributed by atoms with Gasteiger partial charge in [-0.3, -0.25) is 14.5 Å². The van der Waals surface area contributed by atoms with Crippen LogP contribution in [0.1, 0.15) is 111 Å². The molecule has 0 bridgehead atoms. The van der Waals surface area contributed by atoms with E-state index in [0.717, 1.165) is 43.4 Å². The molecule has 2 aliphatic heterocycles. The van der Waals surface area contributed by atoms with E-state index in [0.29, 0.717) is 35.8 Å². The Morgan fingerprint density at radius 3 is 2.21 bits per heavy atom. The minimum atomic E-state index is -0.115. The summed E-state index contributed by atoms with van der Waals surface area (Å²) in [6, 6.07) is 0.731. The van der Waals surface area contributed by atoms with E-state index in [-0.39, 0.29) is 52.0 Å². The predicted octanol–water partition coefficient (Wildman–Crippen LogP) is 3.53. The molecule has 6 fully saturated rings. The van der Waals surface area contributed by atoms with Gasteiger partial charge in [0.25, 0.3) is 0 Å². The van der Waals surface area contributed by atoms with Crippen LogP contribution < -0.4 is 17.0 Å². The molecule has 6 nitrogen and oxygen atoms in total. The summed E-state index contributed by atoms with van der Waals surface area (Å²) < 4.78 is 13.6. The molecule has 0 aromatic heterocycles. The van der Waals surface area contributed by atoms with Crippen molar-refractivity contribution in [2.75, 3.05) is 32.7 Å². The maximum absolute atomic E-state index is 12.6. The number of hydrogen-bond acceptors (Lipinski definition) is 5. The minimum absolute atomic E-state index is 0. The number of likely N-dealkylation sites (tertiary alicyclic amines) is 2. The molecule has 2 saturated heterocycles. The topological polar surface area (TPSA) is 55.8 Å². The van der Waals surface area contributed by atoms with Crippen LogP contribution in [0.3, 0.4) is 0 Å². The molecular formula is C36H59BrN2O4. The maximum atomic E-state index is 12.6. The van der Waals surface area contributed by atoms with Gasteiger partial charge in [-0.15, -0.1) is 0 Å². The standard InChI is InChI=1S/C36H59N2O4.BrH/c1-6-19-38(20-11-8-12-21-38)32-23-30-28-14-13-27-22-33(41-25(2)39)31(37-17-9-7-10-18-37)24-36(27,5)29(28)15-16-35(30,4)34(32)42-26(3)40;/h6,27-34H,1,7-24H2,2-5H3;1H/q+1;/p-1/t27-,28?,29?,30?,31-,32-,33-,34-,35-,36-;/m0./s1. The highest BCUT2D eigenvalue weighted by atomic mass is 79.9. The molecule has 4 aliphatic carbocycles. The Morgan fingerprint density at radius 2 is 1.56 bits per heavy atom. The van der Waals surface area contributed by atoms with E-state index in [1.54, 1.807) is 13.8 Å². The number of nitrogens with zero attached hydrogens (tertiary/aromatic N) is 2. The van der Waals surface area contributed by atoms with Crippen LogP contribution in [0.2, 0.25) is 0 Å². The Morgan fingerprint density at radius 1 is 0.884 bits per heavy atom. The lowest BCUT2D eigenvalue weighted by Gasteiger charge is -2.62. The summed E-state index contributed by atoms with van der Waals surface area (Å²) in [5.74, 6) is 2.39. The second kappa shape index (κ2) is 13.1. The molecule has 244 valence electrons. The van der Waals surface area contributed by atoms with Crippen LogP contribution in [0, 0.1) is 34.5 Å². The number of halogens is 1. The van der Waals surface area contributed by atoms with Gasteiger partial charge in [0, 0.05) is 31.7 Å². The molecule has 10 atom stereocenters. The second-order valence-electron chi connectivity index (χ2n) is 16.0. The molecule has 0 aromatic rings. The number of rotatable bonds is 6. The van der Waals surface area contributed by atoms with Gasteiger partial charge in [0.2, 0.25) is 0 Å². The SMILES string of the molecule is C=CC[N+]1([C@H]2CC3C4CC[C@H]5C[C@H](OC(C)=O)[C@@H](N6CCCCC6)C[C@]5(C)C4CC[C@]3(C)[C@H]2OC(C)=O)CCCCC1.[Br-]. The Bertz CT molecular complexity index is 1020. The highest BCUT2D eigenvalue weighted by Gasteiger charge is 2.67. The van der Waals surface area contributed by atoms with Crippen molar-refractivity contribution in [3.05, 3.63) is 12.7 Å². The van der Waals surface area contributed by atoms with Crippen molar-refractivity contribution in [2.24, 2.45) is 34.5 Å². The van der Waals surface area contributed by atoms with Gasteiger partial charge in [0.15, 0.2) is 6.10 Å². The van der Waals surface area contributed by atoms with Gasteiger partial charge in [-0.2, -0.15) is 0 Å². The molecule has 43 heavy (non-hydrogen) atoms. The molecule has 0 radical (unpaired) electrons. The summed E-state index contributed by atoms with van der Waals surface area (Å²) in [6.45, 7) is 18.2. The molecule has 4 saturated carbocycles. The van der Waals surface area contributed by atoms with E-state index < -0.39 is 0 Å². The lowest BCUT2D eigenvalue weighted by atomic mass is 9.44. The summed E-state index contributed by atoms with van der Waals surface area (Å²) in [5.41, 5.74) is 0.322. The number of carbonyl (C=O) groups is 2. The summed E-state index contributed by atoms with van der Waals surface area (Å²) in [7, 11) is 0. The van der Waals surface area contributed by atoms with Crippen LogP contribution in [-0.4, -0.2) is 78.3 Å². The Hall–Kier alpha value is -0.920. The number of carbonyl (C=O) groups excluding carboxylic acids is 2. The predicted molar refractivity (Wildman–Crippen MR) is 166 cm³/mol. The van der Waals surface area contributed by atoms with Crippen LogP contribution >= 0.6 is 0 Å². The van der Waals surface area contributed by atoms with Crippen LogP contribution in [0.4, 0.5) is 0 Å². The van der Waals surface area contributed by atoms with Crippen molar-refractivity contribution in [1.82, 2.24) is 4.90 Å². The molecule has 6 rings (SSSR count). The van der Waals surface area contributed by atoms with Crippen molar-refractivity contribution in [3.63, 3.8) is 0 Å². The average molecular weight is 664 g/mol. The van der Waals surface area contributed by atoms with Crippen LogP contribution in [0.15, 0.2) is 12.7 Å². The zero-order valence-corrected chi connectivity index (χ0v) is 29.1. The molecule has 0 amide bonds. The quantitative estimate of drug-likeness (QED) is 0.248. The van der Waals surface area contributed by atoms with E-state index in [1.165, 1.54) is 77.3 Å². The average Bonchev–Trinajstić information content (AvgIpc) is 3.26. The van der Waals surface area contributed by atoms with Crippen molar-refractivity contribution in [2.45, 2.75) is 135 Å². The van der Waals surface area contributed by atoms with E-state index in [4.69, 9.17) is 9.47 Å². The third-order valence-electron chi connectivity index (χ3n) is 14.0. The van der Waals surface area contributed by atoms with E-state index in [1.807, 2.05) is 0 Å². The van der Waals surface area contributed by atoms with Gasteiger partial charge in [-0.05, 0) is 119 Å². The zero-order valence-electron chi connectivity index (χ0n) is 27.5. The Labute approximate surface area is 272 Å². The molecule has 3 unspecified atom stereocenters. The van der Waals surface area contributed by atoms with E-state index >= 15 is 0 Å². The lowest BCUT2D eigenvalue weighted by molar-refractivity contribution is -0.952. The molecule has 6 aliphatic rings. The minimum Gasteiger partial charge on any atom is -1.00 e. The number of fused-ring (bicyclic) bond motifs is 5. The smallest absolute Gasteiger partial charge is 0.303 e. The first-order chi connectivity index (χ1) is 20.1. The fraction of sp³-hybridized carbons (Fsp3) is 0.889. The van der Waals surface area contributed by atoms with Gasteiger partial charge >= 0.3 is 11.9 Å². The molecule has 2 heterocycles. The van der Waals surface area contributed by atoms with Crippen molar-refractivity contribution >= 4 is 11.9 Å². The summed E-state index contributed by atoms with van der Waals surface area (Å²) >= 11 is 0. The first-order valence-electron chi connectivity index (χ1n) is 17.7. The summed E-state index contributed by atoms with van der Waals surface area (Å²) in [5, 5.41) is 0. The molecular weight excluding hydrogens is 604 g/mol.